The van der Waals surface area contributed by atoms with Gasteiger partial charge in [-0.2, -0.15) is 0 Å². The van der Waals surface area contributed by atoms with Gasteiger partial charge >= 0.3 is 0 Å². The normalized spacial score (nSPS) is 15.5. The lowest BCUT2D eigenvalue weighted by Gasteiger charge is -2.32. The molecule has 0 amide bonds. The molecular weight excluding hydrogens is 481 g/mol. The van der Waals surface area contributed by atoms with Crippen LogP contribution in [0.4, 0.5) is 4.39 Å². The fourth-order valence-corrected chi connectivity index (χ4v) is 5.51. The lowest BCUT2D eigenvalue weighted by Crippen LogP contribution is -2.43. The van der Waals surface area contributed by atoms with Gasteiger partial charge < -0.3 is 4.90 Å². The van der Waals surface area contributed by atoms with E-state index in [0.717, 1.165) is 53.7 Å². The average molecular weight is 508 g/mol. The van der Waals surface area contributed by atoms with Crippen molar-refractivity contribution in [3.05, 3.63) is 83.2 Å². The summed E-state index contributed by atoms with van der Waals surface area (Å²) in [6.07, 6.45) is 3.07. The molecule has 3 aromatic rings. The third-order valence-corrected chi connectivity index (χ3v) is 7.35. The highest BCUT2D eigenvalue weighted by Crippen LogP contribution is 2.31. The van der Waals surface area contributed by atoms with Gasteiger partial charge in [0.2, 0.25) is 10.0 Å². The molecule has 1 saturated heterocycles. The molecule has 4 rings (SSSR count). The second-order valence-corrected chi connectivity index (χ2v) is 10.3. The fraction of sp³-hybridized carbons (Fsp3) is 0.304. The molecule has 0 atom stereocenters. The van der Waals surface area contributed by atoms with Gasteiger partial charge in [-0.3, -0.25) is 4.90 Å². The Labute approximate surface area is 191 Å². The van der Waals surface area contributed by atoms with Gasteiger partial charge in [-0.05, 0) is 46.7 Å². The summed E-state index contributed by atoms with van der Waals surface area (Å²) in [5.41, 5.74) is 1.87. The standard InChI is InChI=1S/C17H22BrN3O2S.C6H5F/c1-3-11-24(22,23)21-13-15(18)17-14(5-4-6-16(17)21)12-20-9-7-19(2)8-10-20;7-6-4-2-1-3-5-6/h3-6,13H,1,7-12H2,2H3;1-5H. The van der Waals surface area contributed by atoms with Gasteiger partial charge in [0.1, 0.15) is 5.82 Å². The zero-order valence-electron chi connectivity index (χ0n) is 17.5. The Morgan fingerprint density at radius 3 is 2.32 bits per heavy atom. The van der Waals surface area contributed by atoms with E-state index >= 15 is 0 Å². The maximum absolute atomic E-state index is 12.5. The van der Waals surface area contributed by atoms with Crippen molar-refractivity contribution in [2.75, 3.05) is 39.0 Å². The van der Waals surface area contributed by atoms with Crippen LogP contribution in [0.25, 0.3) is 10.9 Å². The van der Waals surface area contributed by atoms with Crippen LogP contribution in [0, 0.1) is 5.82 Å². The Balaban J connectivity index is 0.000000330. The van der Waals surface area contributed by atoms with E-state index in [1.165, 1.54) is 22.2 Å². The Kier molecular flexibility index (Phi) is 8.05. The predicted molar refractivity (Wildman–Crippen MR) is 128 cm³/mol. The average Bonchev–Trinajstić information content (AvgIpc) is 3.09. The number of aromatic nitrogens is 1. The van der Waals surface area contributed by atoms with Gasteiger partial charge in [-0.25, -0.2) is 16.8 Å². The molecule has 0 saturated carbocycles. The van der Waals surface area contributed by atoms with Crippen LogP contribution >= 0.6 is 15.9 Å². The molecule has 2 heterocycles. The Hall–Kier alpha value is -2.00. The van der Waals surface area contributed by atoms with Crippen LogP contribution in [0.3, 0.4) is 0 Å². The van der Waals surface area contributed by atoms with Crippen molar-refractivity contribution < 1.29 is 12.8 Å². The number of hydrogen-bond acceptors (Lipinski definition) is 4. The SMILES string of the molecule is C=CCS(=O)(=O)n1cc(Br)c2c(CN3CCN(C)CC3)cccc21.Fc1ccccc1. The highest BCUT2D eigenvalue weighted by molar-refractivity contribution is 9.10. The molecule has 1 aromatic heterocycles. The Morgan fingerprint density at radius 2 is 1.74 bits per heavy atom. The summed E-state index contributed by atoms with van der Waals surface area (Å²) in [6, 6.07) is 13.8. The highest BCUT2D eigenvalue weighted by Gasteiger charge is 2.20. The first kappa shape index (κ1) is 23.7. The molecule has 31 heavy (non-hydrogen) atoms. The predicted octanol–water partition coefficient (Wildman–Crippen LogP) is 4.34. The molecule has 8 heteroatoms. The molecule has 0 N–H and O–H groups in total. The molecule has 1 aliphatic heterocycles. The number of hydrogen-bond donors (Lipinski definition) is 0. The maximum atomic E-state index is 12.5. The van der Waals surface area contributed by atoms with Gasteiger partial charge in [0.25, 0.3) is 0 Å². The zero-order valence-corrected chi connectivity index (χ0v) is 19.9. The zero-order chi connectivity index (χ0) is 22.4. The van der Waals surface area contributed by atoms with E-state index in [2.05, 4.69) is 45.4 Å². The molecule has 0 radical (unpaired) electrons. The van der Waals surface area contributed by atoms with Crippen LogP contribution in [0.5, 0.6) is 0 Å². The van der Waals surface area contributed by atoms with E-state index in [-0.39, 0.29) is 11.6 Å². The fourth-order valence-electron chi connectivity index (χ4n) is 3.54. The van der Waals surface area contributed by atoms with E-state index in [9.17, 15) is 12.8 Å². The van der Waals surface area contributed by atoms with E-state index in [1.807, 2.05) is 12.1 Å². The molecule has 0 spiro atoms. The van der Waals surface area contributed by atoms with Gasteiger partial charge in [0.15, 0.2) is 0 Å². The third kappa shape index (κ3) is 6.04. The minimum atomic E-state index is -3.42. The van der Waals surface area contributed by atoms with Gasteiger partial charge in [-0.1, -0.05) is 36.4 Å². The van der Waals surface area contributed by atoms with Crippen molar-refractivity contribution in [2.24, 2.45) is 0 Å². The highest BCUT2D eigenvalue weighted by atomic mass is 79.9. The maximum Gasteiger partial charge on any atom is 0.242 e. The van der Waals surface area contributed by atoms with E-state index in [0.29, 0.717) is 0 Å². The number of nitrogens with zero attached hydrogens (tertiary/aromatic N) is 3. The largest absolute Gasteiger partial charge is 0.304 e. The molecule has 0 bridgehead atoms. The van der Waals surface area contributed by atoms with E-state index < -0.39 is 10.0 Å². The Morgan fingerprint density at radius 1 is 1.06 bits per heavy atom. The molecule has 5 nitrogen and oxygen atoms in total. The monoisotopic (exact) mass is 507 g/mol. The second-order valence-electron chi connectivity index (χ2n) is 7.53. The summed E-state index contributed by atoms with van der Waals surface area (Å²) in [5.74, 6) is -0.256. The number of piperazine rings is 1. The number of benzene rings is 2. The van der Waals surface area contributed by atoms with E-state index in [1.54, 1.807) is 24.4 Å². The molecule has 0 unspecified atom stereocenters. The number of fused-ring (bicyclic) bond motifs is 1. The molecule has 1 aliphatic rings. The van der Waals surface area contributed by atoms with Crippen LogP contribution in [-0.2, 0) is 16.6 Å². The van der Waals surface area contributed by atoms with Crippen LogP contribution in [0.15, 0.2) is 71.9 Å². The lowest BCUT2D eigenvalue weighted by atomic mass is 10.1. The minimum Gasteiger partial charge on any atom is -0.304 e. The number of rotatable bonds is 5. The quantitative estimate of drug-likeness (QED) is 0.481. The second kappa shape index (κ2) is 10.5. The third-order valence-electron chi connectivity index (χ3n) is 5.19. The summed E-state index contributed by atoms with van der Waals surface area (Å²) in [6.45, 7) is 8.55. The van der Waals surface area contributed by atoms with Crippen LogP contribution in [-0.4, -0.2) is 61.2 Å². The van der Waals surface area contributed by atoms with Gasteiger partial charge in [-0.15, -0.1) is 6.58 Å². The summed E-state index contributed by atoms with van der Waals surface area (Å²) in [7, 11) is -1.29. The summed E-state index contributed by atoms with van der Waals surface area (Å²) >= 11 is 3.55. The summed E-state index contributed by atoms with van der Waals surface area (Å²) < 4.78 is 39.0. The topological polar surface area (TPSA) is 45.6 Å². The molecule has 166 valence electrons. The first-order valence-corrected chi connectivity index (χ1v) is 12.5. The van der Waals surface area contributed by atoms with Crippen molar-refractivity contribution in [2.45, 2.75) is 6.54 Å². The molecule has 1 fully saturated rings. The molecular formula is C23H27BrFN3O2S. The Bertz CT molecular complexity index is 1120. The van der Waals surface area contributed by atoms with E-state index in [4.69, 9.17) is 0 Å². The molecule has 2 aromatic carbocycles. The number of halogens is 2. The first-order chi connectivity index (χ1) is 14.8. The van der Waals surface area contributed by atoms with Gasteiger partial charge in [0.05, 0.1) is 11.3 Å². The van der Waals surface area contributed by atoms with Crippen molar-refractivity contribution in [1.29, 1.82) is 0 Å². The minimum absolute atomic E-state index is 0.0775. The first-order valence-electron chi connectivity index (χ1n) is 10.1. The number of likely N-dealkylation sites (N-methyl/N-ethyl adjacent to an activating group) is 1. The van der Waals surface area contributed by atoms with Crippen molar-refractivity contribution in [3.8, 4) is 0 Å². The smallest absolute Gasteiger partial charge is 0.242 e. The summed E-state index contributed by atoms with van der Waals surface area (Å²) in [4.78, 5) is 4.74. The van der Waals surface area contributed by atoms with Crippen molar-refractivity contribution >= 4 is 36.9 Å². The lowest BCUT2D eigenvalue weighted by molar-refractivity contribution is 0.148. The molecule has 0 aliphatic carbocycles. The van der Waals surface area contributed by atoms with Crippen LogP contribution < -0.4 is 0 Å². The van der Waals surface area contributed by atoms with Crippen LogP contribution in [0.2, 0.25) is 0 Å². The van der Waals surface area contributed by atoms with Crippen LogP contribution in [0.1, 0.15) is 5.56 Å². The van der Waals surface area contributed by atoms with Crippen molar-refractivity contribution in [3.63, 3.8) is 0 Å². The van der Waals surface area contributed by atoms with Gasteiger partial charge in [0, 0.05) is 48.8 Å². The summed E-state index contributed by atoms with van der Waals surface area (Å²) in [5, 5.41) is 0.976. The van der Waals surface area contributed by atoms with Crippen molar-refractivity contribution in [1.82, 2.24) is 13.8 Å².